The molecule has 0 spiro atoms. The smallest absolute Gasteiger partial charge is 0.0587 e. The molecule has 0 unspecified atom stereocenters. The molecule has 2 heterocycles. The van der Waals surface area contributed by atoms with Crippen LogP contribution in [0, 0.1) is 0 Å². The number of aromatic nitrogens is 2. The number of aromatic amines is 1. The molecule has 72 valence electrons. The summed E-state index contributed by atoms with van der Waals surface area (Å²) < 4.78 is 0. The third-order valence-electron chi connectivity index (χ3n) is 2.64. The molecule has 1 aromatic heterocycles. The lowest BCUT2D eigenvalue weighted by Gasteiger charge is -2.21. The van der Waals surface area contributed by atoms with E-state index in [4.69, 9.17) is 5.11 Å². The van der Waals surface area contributed by atoms with Gasteiger partial charge in [0.2, 0.25) is 0 Å². The second kappa shape index (κ2) is 3.89. The molecule has 2 rings (SSSR count). The van der Waals surface area contributed by atoms with E-state index >= 15 is 0 Å². The van der Waals surface area contributed by atoms with Crippen LogP contribution in [0.2, 0.25) is 0 Å². The van der Waals surface area contributed by atoms with Gasteiger partial charge in [-0.1, -0.05) is 0 Å². The van der Waals surface area contributed by atoms with Gasteiger partial charge in [-0.15, -0.1) is 0 Å². The highest BCUT2D eigenvalue weighted by atomic mass is 16.3. The van der Waals surface area contributed by atoms with Gasteiger partial charge in [0.15, 0.2) is 0 Å². The number of aliphatic hydroxyl groups is 1. The van der Waals surface area contributed by atoms with Crippen molar-refractivity contribution in [3.05, 3.63) is 18.0 Å². The second-order valence-electron chi connectivity index (χ2n) is 3.53. The molecule has 4 nitrogen and oxygen atoms in total. The van der Waals surface area contributed by atoms with Crippen LogP contribution in [0.3, 0.4) is 0 Å². The molecule has 0 radical (unpaired) electrons. The summed E-state index contributed by atoms with van der Waals surface area (Å²) in [6, 6.07) is 2.33. The van der Waals surface area contributed by atoms with Gasteiger partial charge < -0.3 is 5.11 Å². The van der Waals surface area contributed by atoms with E-state index in [1.165, 1.54) is 6.42 Å². The Morgan fingerprint density at radius 3 is 3.31 bits per heavy atom. The van der Waals surface area contributed by atoms with E-state index in [-0.39, 0.29) is 6.61 Å². The zero-order valence-corrected chi connectivity index (χ0v) is 7.61. The standard InChI is InChI=1S/C9H15N3O/c13-7-9-2-1-5-12(9)6-8-3-4-10-11-8/h3-4,9,13H,1-2,5-7H2,(H,10,11)/t9-/m1/s1. The molecule has 1 fully saturated rings. The minimum atomic E-state index is 0.272. The van der Waals surface area contributed by atoms with Gasteiger partial charge in [0.1, 0.15) is 0 Å². The van der Waals surface area contributed by atoms with Gasteiger partial charge in [-0.05, 0) is 25.5 Å². The highest BCUT2D eigenvalue weighted by Gasteiger charge is 2.23. The summed E-state index contributed by atoms with van der Waals surface area (Å²) in [4.78, 5) is 2.30. The fraction of sp³-hybridized carbons (Fsp3) is 0.667. The number of rotatable bonds is 3. The summed E-state index contributed by atoms with van der Waals surface area (Å²) in [5.41, 5.74) is 1.13. The van der Waals surface area contributed by atoms with E-state index in [2.05, 4.69) is 15.1 Å². The predicted octanol–water partition coefficient (Wildman–Crippen LogP) is 0.366. The zero-order chi connectivity index (χ0) is 9.10. The quantitative estimate of drug-likeness (QED) is 0.708. The molecule has 1 atom stereocenters. The Labute approximate surface area is 77.6 Å². The Morgan fingerprint density at radius 2 is 2.62 bits per heavy atom. The van der Waals surface area contributed by atoms with Crippen LogP contribution in [0.4, 0.5) is 0 Å². The molecular formula is C9H15N3O. The molecule has 13 heavy (non-hydrogen) atoms. The molecule has 1 saturated heterocycles. The zero-order valence-electron chi connectivity index (χ0n) is 7.61. The summed E-state index contributed by atoms with van der Waals surface area (Å²) in [6.07, 6.45) is 4.07. The van der Waals surface area contributed by atoms with Crippen LogP contribution in [0.25, 0.3) is 0 Å². The first-order chi connectivity index (χ1) is 6.40. The number of aliphatic hydroxyl groups excluding tert-OH is 1. The van der Waals surface area contributed by atoms with Crippen molar-refractivity contribution < 1.29 is 5.11 Å². The van der Waals surface area contributed by atoms with Crippen molar-refractivity contribution in [2.24, 2.45) is 0 Å². The third-order valence-corrected chi connectivity index (χ3v) is 2.64. The number of nitrogens with zero attached hydrogens (tertiary/aromatic N) is 2. The van der Waals surface area contributed by atoms with Crippen LogP contribution in [-0.2, 0) is 6.54 Å². The summed E-state index contributed by atoms with van der Waals surface area (Å²) in [5, 5.41) is 15.9. The molecule has 0 bridgehead atoms. The number of hydrogen-bond donors (Lipinski definition) is 2. The van der Waals surface area contributed by atoms with Gasteiger partial charge in [0, 0.05) is 24.5 Å². The fourth-order valence-corrected chi connectivity index (χ4v) is 1.90. The summed E-state index contributed by atoms with van der Waals surface area (Å²) in [6.45, 7) is 2.24. The number of likely N-dealkylation sites (tertiary alicyclic amines) is 1. The number of H-pyrrole nitrogens is 1. The molecular weight excluding hydrogens is 166 g/mol. The maximum atomic E-state index is 9.10. The Bertz CT molecular complexity index is 247. The second-order valence-corrected chi connectivity index (χ2v) is 3.53. The average molecular weight is 181 g/mol. The molecule has 1 aliphatic heterocycles. The first-order valence-electron chi connectivity index (χ1n) is 4.73. The van der Waals surface area contributed by atoms with Crippen LogP contribution in [0.5, 0.6) is 0 Å². The molecule has 1 aliphatic rings. The first kappa shape index (κ1) is 8.72. The Morgan fingerprint density at radius 1 is 1.69 bits per heavy atom. The van der Waals surface area contributed by atoms with E-state index in [9.17, 15) is 0 Å². The van der Waals surface area contributed by atoms with Gasteiger partial charge in [-0.2, -0.15) is 5.10 Å². The van der Waals surface area contributed by atoms with Crippen molar-refractivity contribution in [3.8, 4) is 0 Å². The van der Waals surface area contributed by atoms with Gasteiger partial charge >= 0.3 is 0 Å². The highest BCUT2D eigenvalue weighted by molar-refractivity contribution is 4.98. The summed E-state index contributed by atoms with van der Waals surface area (Å²) in [5.74, 6) is 0. The van der Waals surface area contributed by atoms with Crippen LogP contribution < -0.4 is 0 Å². The predicted molar refractivity (Wildman–Crippen MR) is 49.1 cm³/mol. The van der Waals surface area contributed by atoms with Gasteiger partial charge in [-0.3, -0.25) is 10.00 Å². The topological polar surface area (TPSA) is 52.1 Å². The molecule has 1 aromatic rings. The number of hydrogen-bond acceptors (Lipinski definition) is 3. The molecule has 0 aromatic carbocycles. The Balaban J connectivity index is 1.94. The monoisotopic (exact) mass is 181 g/mol. The molecule has 0 saturated carbocycles. The minimum absolute atomic E-state index is 0.272. The van der Waals surface area contributed by atoms with Gasteiger partial charge in [0.25, 0.3) is 0 Å². The first-order valence-corrected chi connectivity index (χ1v) is 4.73. The van der Waals surface area contributed by atoms with Crippen LogP contribution in [-0.4, -0.2) is 39.4 Å². The van der Waals surface area contributed by atoms with E-state index in [0.717, 1.165) is 25.2 Å². The minimum Gasteiger partial charge on any atom is -0.395 e. The fourth-order valence-electron chi connectivity index (χ4n) is 1.90. The van der Waals surface area contributed by atoms with Crippen molar-refractivity contribution in [3.63, 3.8) is 0 Å². The van der Waals surface area contributed by atoms with Crippen molar-refractivity contribution in [1.82, 2.24) is 15.1 Å². The molecule has 0 amide bonds. The maximum Gasteiger partial charge on any atom is 0.0587 e. The van der Waals surface area contributed by atoms with E-state index in [1.807, 2.05) is 6.07 Å². The van der Waals surface area contributed by atoms with Crippen LogP contribution >= 0.6 is 0 Å². The Kier molecular flexibility index (Phi) is 2.61. The summed E-state index contributed by atoms with van der Waals surface area (Å²) in [7, 11) is 0. The highest BCUT2D eigenvalue weighted by Crippen LogP contribution is 2.18. The summed E-state index contributed by atoms with van der Waals surface area (Å²) >= 11 is 0. The molecule has 2 N–H and O–H groups in total. The van der Waals surface area contributed by atoms with Crippen molar-refractivity contribution in [2.75, 3.05) is 13.2 Å². The third kappa shape index (κ3) is 1.89. The van der Waals surface area contributed by atoms with Gasteiger partial charge in [0.05, 0.1) is 6.61 Å². The van der Waals surface area contributed by atoms with Crippen LogP contribution in [0.15, 0.2) is 12.3 Å². The lowest BCUT2D eigenvalue weighted by molar-refractivity contribution is 0.152. The molecule has 0 aliphatic carbocycles. The van der Waals surface area contributed by atoms with Crippen LogP contribution in [0.1, 0.15) is 18.5 Å². The number of nitrogens with one attached hydrogen (secondary N) is 1. The molecule has 4 heteroatoms. The van der Waals surface area contributed by atoms with Crippen molar-refractivity contribution in [2.45, 2.75) is 25.4 Å². The van der Waals surface area contributed by atoms with Crippen molar-refractivity contribution >= 4 is 0 Å². The average Bonchev–Trinajstić information content (AvgIpc) is 2.76. The van der Waals surface area contributed by atoms with E-state index in [0.29, 0.717) is 6.04 Å². The normalized spacial score (nSPS) is 23.9. The lowest BCUT2D eigenvalue weighted by Crippen LogP contribution is -2.31. The van der Waals surface area contributed by atoms with Crippen molar-refractivity contribution in [1.29, 1.82) is 0 Å². The Hall–Kier alpha value is -0.870. The van der Waals surface area contributed by atoms with Gasteiger partial charge in [-0.25, -0.2) is 0 Å². The maximum absolute atomic E-state index is 9.10. The van der Waals surface area contributed by atoms with E-state index in [1.54, 1.807) is 6.20 Å². The SMILES string of the molecule is OC[C@H]1CCCN1Cc1ccn[nH]1. The largest absolute Gasteiger partial charge is 0.395 e. The van der Waals surface area contributed by atoms with E-state index < -0.39 is 0 Å². The lowest BCUT2D eigenvalue weighted by atomic mass is 10.2.